The summed E-state index contributed by atoms with van der Waals surface area (Å²) in [5, 5.41) is 12.2. The molecule has 1 unspecified atom stereocenters. The maximum atomic E-state index is 11.1. The molecule has 0 amide bonds. The van der Waals surface area contributed by atoms with Gasteiger partial charge in [0.05, 0.1) is 0 Å². The van der Waals surface area contributed by atoms with Crippen LogP contribution in [0.25, 0.3) is 0 Å². The van der Waals surface area contributed by atoms with E-state index in [9.17, 15) is 4.79 Å². The van der Waals surface area contributed by atoms with Crippen LogP contribution in [-0.4, -0.2) is 47.7 Å². The molecule has 2 fully saturated rings. The Labute approximate surface area is 71.5 Å². The molecular formula is C8H14N2O2. The normalized spacial score (nSPS) is 36.3. The second-order valence-electron chi connectivity index (χ2n) is 3.60. The minimum atomic E-state index is -0.660. The molecule has 2 aliphatic heterocycles. The van der Waals surface area contributed by atoms with E-state index in [1.165, 1.54) is 0 Å². The van der Waals surface area contributed by atoms with Gasteiger partial charge in [0.25, 0.3) is 0 Å². The van der Waals surface area contributed by atoms with Crippen LogP contribution >= 0.6 is 0 Å². The van der Waals surface area contributed by atoms with E-state index in [1.54, 1.807) is 0 Å². The third-order valence-electron chi connectivity index (χ3n) is 2.99. The summed E-state index contributed by atoms with van der Waals surface area (Å²) in [7, 11) is 0. The van der Waals surface area contributed by atoms with Gasteiger partial charge in [-0.05, 0) is 19.4 Å². The lowest BCUT2D eigenvalue weighted by Crippen LogP contribution is -2.61. The number of carboxylic acid groups (broad SMARTS) is 1. The number of nitrogens with zero attached hydrogens (tertiary/aromatic N) is 1. The third-order valence-corrected chi connectivity index (χ3v) is 2.99. The summed E-state index contributed by atoms with van der Waals surface area (Å²) in [5.74, 6) is -0.660. The van der Waals surface area contributed by atoms with Crippen molar-refractivity contribution in [2.75, 3.05) is 26.2 Å². The van der Waals surface area contributed by atoms with Crippen molar-refractivity contribution in [1.29, 1.82) is 0 Å². The molecule has 0 radical (unpaired) electrons. The molecule has 2 saturated heterocycles. The van der Waals surface area contributed by atoms with Gasteiger partial charge in [0.2, 0.25) is 0 Å². The molecule has 0 aromatic heterocycles. The Bertz CT molecular complexity index is 195. The number of likely N-dealkylation sites (tertiary alicyclic amines) is 1. The van der Waals surface area contributed by atoms with E-state index in [0.717, 1.165) is 32.5 Å². The van der Waals surface area contributed by atoms with Gasteiger partial charge in [0.1, 0.15) is 5.54 Å². The first kappa shape index (κ1) is 8.01. The van der Waals surface area contributed by atoms with Crippen molar-refractivity contribution in [3.8, 4) is 0 Å². The average molecular weight is 170 g/mol. The highest BCUT2D eigenvalue weighted by molar-refractivity contribution is 5.79. The lowest BCUT2D eigenvalue weighted by molar-refractivity contribution is -0.153. The van der Waals surface area contributed by atoms with Gasteiger partial charge in [-0.15, -0.1) is 0 Å². The van der Waals surface area contributed by atoms with Crippen molar-refractivity contribution in [3.63, 3.8) is 0 Å². The largest absolute Gasteiger partial charge is 0.480 e. The van der Waals surface area contributed by atoms with Gasteiger partial charge < -0.3 is 10.4 Å². The van der Waals surface area contributed by atoms with Gasteiger partial charge in [-0.1, -0.05) is 0 Å². The van der Waals surface area contributed by atoms with Gasteiger partial charge in [0.15, 0.2) is 0 Å². The fraction of sp³-hybridized carbons (Fsp3) is 0.875. The fourth-order valence-corrected chi connectivity index (χ4v) is 2.01. The van der Waals surface area contributed by atoms with E-state index in [4.69, 9.17) is 5.11 Å². The summed E-state index contributed by atoms with van der Waals surface area (Å²) >= 11 is 0. The zero-order chi connectivity index (χ0) is 8.60. The minimum absolute atomic E-state index is 0.571. The van der Waals surface area contributed by atoms with Crippen molar-refractivity contribution in [2.45, 2.75) is 18.4 Å². The van der Waals surface area contributed by atoms with Crippen LogP contribution in [0.1, 0.15) is 12.8 Å². The molecule has 0 aromatic rings. The molecule has 12 heavy (non-hydrogen) atoms. The van der Waals surface area contributed by atoms with Crippen molar-refractivity contribution in [1.82, 2.24) is 10.2 Å². The maximum Gasteiger partial charge on any atom is 0.325 e. The molecule has 1 atom stereocenters. The molecule has 68 valence electrons. The standard InChI is InChI=1S/C8H14N2O2/c11-7(12)8(2-3-9-6-8)10-4-1-5-10/h9H,1-6H2,(H,11,12). The molecule has 2 N–H and O–H groups in total. The number of rotatable bonds is 2. The number of aliphatic carboxylic acids is 1. The first-order valence-electron chi connectivity index (χ1n) is 4.45. The molecule has 0 bridgehead atoms. The van der Waals surface area contributed by atoms with Crippen molar-refractivity contribution in [2.24, 2.45) is 0 Å². The van der Waals surface area contributed by atoms with Gasteiger partial charge in [0, 0.05) is 19.6 Å². The summed E-state index contributed by atoms with van der Waals surface area (Å²) < 4.78 is 0. The first-order chi connectivity index (χ1) is 5.76. The number of nitrogens with one attached hydrogen (secondary N) is 1. The Hall–Kier alpha value is -0.610. The first-order valence-corrected chi connectivity index (χ1v) is 4.45. The summed E-state index contributed by atoms with van der Waals surface area (Å²) in [5.41, 5.74) is -0.571. The van der Waals surface area contributed by atoms with E-state index >= 15 is 0 Å². The van der Waals surface area contributed by atoms with Gasteiger partial charge in [-0.3, -0.25) is 9.69 Å². The number of hydrogen-bond donors (Lipinski definition) is 2. The Balaban J connectivity index is 2.14. The predicted octanol–water partition coefficient (Wildman–Crippen LogP) is -0.491. The molecule has 4 nitrogen and oxygen atoms in total. The summed E-state index contributed by atoms with van der Waals surface area (Å²) in [4.78, 5) is 13.2. The van der Waals surface area contributed by atoms with Crippen LogP contribution in [-0.2, 0) is 4.79 Å². The highest BCUT2D eigenvalue weighted by atomic mass is 16.4. The quantitative estimate of drug-likeness (QED) is 0.587. The van der Waals surface area contributed by atoms with Crippen LogP contribution in [0, 0.1) is 0 Å². The minimum Gasteiger partial charge on any atom is -0.480 e. The highest BCUT2D eigenvalue weighted by Gasteiger charge is 2.48. The average Bonchev–Trinajstić information content (AvgIpc) is 2.33. The Morgan fingerprint density at radius 3 is 2.58 bits per heavy atom. The van der Waals surface area contributed by atoms with E-state index in [1.807, 2.05) is 0 Å². The summed E-state index contributed by atoms with van der Waals surface area (Å²) in [6.07, 6.45) is 1.90. The van der Waals surface area contributed by atoms with E-state index < -0.39 is 11.5 Å². The monoisotopic (exact) mass is 170 g/mol. The van der Waals surface area contributed by atoms with Gasteiger partial charge >= 0.3 is 5.97 Å². The SMILES string of the molecule is O=C(O)C1(N2CCC2)CCNC1. The topological polar surface area (TPSA) is 52.6 Å². The van der Waals surface area contributed by atoms with Crippen LogP contribution < -0.4 is 5.32 Å². The second-order valence-corrected chi connectivity index (χ2v) is 3.60. The van der Waals surface area contributed by atoms with Gasteiger partial charge in [-0.25, -0.2) is 0 Å². The fourth-order valence-electron chi connectivity index (χ4n) is 2.01. The van der Waals surface area contributed by atoms with Crippen molar-refractivity contribution in [3.05, 3.63) is 0 Å². The molecule has 2 rings (SSSR count). The molecule has 0 saturated carbocycles. The number of carbonyl (C=O) groups is 1. The molecule has 0 spiro atoms. The highest BCUT2D eigenvalue weighted by Crippen LogP contribution is 2.28. The lowest BCUT2D eigenvalue weighted by atomic mass is 9.92. The van der Waals surface area contributed by atoms with Crippen LogP contribution in [0.3, 0.4) is 0 Å². The van der Waals surface area contributed by atoms with E-state index in [0.29, 0.717) is 6.54 Å². The Kier molecular flexibility index (Phi) is 1.81. The van der Waals surface area contributed by atoms with Crippen molar-refractivity contribution < 1.29 is 9.90 Å². The molecule has 0 aromatic carbocycles. The molecule has 2 aliphatic rings. The molecule has 2 heterocycles. The van der Waals surface area contributed by atoms with Crippen LogP contribution in [0.5, 0.6) is 0 Å². The van der Waals surface area contributed by atoms with Crippen LogP contribution in [0.2, 0.25) is 0 Å². The Morgan fingerprint density at radius 1 is 1.50 bits per heavy atom. The van der Waals surface area contributed by atoms with Crippen molar-refractivity contribution >= 4 is 5.97 Å². The third kappa shape index (κ3) is 0.949. The maximum absolute atomic E-state index is 11.1. The lowest BCUT2D eigenvalue weighted by Gasteiger charge is -2.43. The predicted molar refractivity (Wildman–Crippen MR) is 44.0 cm³/mol. The van der Waals surface area contributed by atoms with Crippen LogP contribution in [0.4, 0.5) is 0 Å². The molecule has 0 aliphatic carbocycles. The second kappa shape index (κ2) is 2.71. The summed E-state index contributed by atoms with van der Waals surface area (Å²) in [6.45, 7) is 3.35. The molecule has 4 heteroatoms. The molecular weight excluding hydrogens is 156 g/mol. The van der Waals surface area contributed by atoms with Crippen LogP contribution in [0.15, 0.2) is 0 Å². The zero-order valence-corrected chi connectivity index (χ0v) is 7.05. The van der Waals surface area contributed by atoms with Gasteiger partial charge in [-0.2, -0.15) is 0 Å². The summed E-state index contributed by atoms with van der Waals surface area (Å²) in [6, 6.07) is 0. The van der Waals surface area contributed by atoms with E-state index in [-0.39, 0.29) is 0 Å². The zero-order valence-electron chi connectivity index (χ0n) is 7.05. The van der Waals surface area contributed by atoms with E-state index in [2.05, 4.69) is 10.2 Å². The number of hydrogen-bond acceptors (Lipinski definition) is 3. The number of carboxylic acids is 1. The Morgan fingerprint density at radius 2 is 2.25 bits per heavy atom. The smallest absolute Gasteiger partial charge is 0.325 e.